The van der Waals surface area contributed by atoms with Crippen LogP contribution in [0.25, 0.3) is 16.9 Å². The van der Waals surface area contributed by atoms with Crippen LogP contribution in [0.15, 0.2) is 62.6 Å². The van der Waals surface area contributed by atoms with E-state index in [9.17, 15) is 20.3 Å². The molecule has 0 spiro atoms. The van der Waals surface area contributed by atoms with E-state index in [4.69, 9.17) is 4.74 Å². The highest BCUT2D eigenvalue weighted by Gasteiger charge is 2.19. The SMILES string of the molecule is COc1cc(-c2nc3ccc(Br)cn3c2N=Cc2cc(Br)cc([N+](=O)[O-])c2O)ccc1O. The molecule has 0 aliphatic heterocycles. The van der Waals surface area contributed by atoms with E-state index in [-0.39, 0.29) is 17.1 Å². The summed E-state index contributed by atoms with van der Waals surface area (Å²) >= 11 is 6.65. The molecule has 0 fully saturated rings. The predicted molar refractivity (Wildman–Crippen MR) is 126 cm³/mol. The van der Waals surface area contributed by atoms with Crippen molar-refractivity contribution in [1.82, 2.24) is 9.38 Å². The average Bonchev–Trinajstić information content (AvgIpc) is 3.11. The zero-order valence-corrected chi connectivity index (χ0v) is 19.5. The van der Waals surface area contributed by atoms with Crippen molar-refractivity contribution in [3.63, 3.8) is 0 Å². The molecule has 4 aromatic rings. The largest absolute Gasteiger partial charge is 0.504 e. The molecule has 0 saturated carbocycles. The van der Waals surface area contributed by atoms with E-state index in [2.05, 4.69) is 41.8 Å². The van der Waals surface area contributed by atoms with Gasteiger partial charge >= 0.3 is 5.69 Å². The number of benzene rings is 2. The maximum atomic E-state index is 11.2. The van der Waals surface area contributed by atoms with Crippen LogP contribution in [-0.4, -0.2) is 37.8 Å². The van der Waals surface area contributed by atoms with E-state index in [1.807, 2.05) is 6.07 Å². The molecule has 0 radical (unpaired) electrons. The van der Waals surface area contributed by atoms with Crippen molar-refractivity contribution in [2.24, 2.45) is 4.99 Å². The normalized spacial score (nSPS) is 11.3. The summed E-state index contributed by atoms with van der Waals surface area (Å²) in [7, 11) is 1.45. The lowest BCUT2D eigenvalue weighted by molar-refractivity contribution is -0.385. The fourth-order valence-electron chi connectivity index (χ4n) is 3.12. The summed E-state index contributed by atoms with van der Waals surface area (Å²) in [4.78, 5) is 19.7. The molecule has 0 aliphatic carbocycles. The van der Waals surface area contributed by atoms with Gasteiger partial charge < -0.3 is 14.9 Å². The molecule has 4 rings (SSSR count). The molecule has 11 heteroatoms. The first-order chi connectivity index (χ1) is 15.3. The molecule has 2 N–H and O–H groups in total. The first-order valence-corrected chi connectivity index (χ1v) is 10.6. The third-order valence-corrected chi connectivity index (χ3v) is 5.54. The molecule has 162 valence electrons. The van der Waals surface area contributed by atoms with Crippen molar-refractivity contribution < 1.29 is 19.9 Å². The highest BCUT2D eigenvalue weighted by Crippen LogP contribution is 2.37. The van der Waals surface area contributed by atoms with Crippen LogP contribution in [-0.2, 0) is 0 Å². The van der Waals surface area contributed by atoms with Crippen molar-refractivity contribution in [3.8, 4) is 28.5 Å². The number of imidazole rings is 1. The molecule has 2 aromatic heterocycles. The van der Waals surface area contributed by atoms with Gasteiger partial charge in [-0.05, 0) is 52.3 Å². The fraction of sp³-hybridized carbons (Fsp3) is 0.0476. The second-order valence-electron chi connectivity index (χ2n) is 6.62. The molecule has 0 saturated heterocycles. The Hall–Kier alpha value is -3.44. The zero-order chi connectivity index (χ0) is 23.0. The monoisotopic (exact) mass is 560 g/mol. The Labute approximate surface area is 198 Å². The van der Waals surface area contributed by atoms with Gasteiger partial charge in [-0.3, -0.25) is 14.5 Å². The number of aromatic nitrogens is 2. The summed E-state index contributed by atoms with van der Waals surface area (Å²) in [6.45, 7) is 0. The molecule has 32 heavy (non-hydrogen) atoms. The molecule has 2 heterocycles. The first-order valence-electron chi connectivity index (χ1n) is 9.04. The fourth-order valence-corrected chi connectivity index (χ4v) is 3.92. The van der Waals surface area contributed by atoms with Gasteiger partial charge in [0.25, 0.3) is 0 Å². The smallest absolute Gasteiger partial charge is 0.312 e. The summed E-state index contributed by atoms with van der Waals surface area (Å²) in [5.41, 5.74) is 1.44. The summed E-state index contributed by atoms with van der Waals surface area (Å²) in [6.07, 6.45) is 3.11. The predicted octanol–water partition coefficient (Wildman–Crippen LogP) is 5.60. The van der Waals surface area contributed by atoms with E-state index in [1.54, 1.807) is 28.8 Å². The number of methoxy groups -OCH3 is 1. The summed E-state index contributed by atoms with van der Waals surface area (Å²) in [5, 5.41) is 31.5. The summed E-state index contributed by atoms with van der Waals surface area (Å²) in [6, 6.07) is 11.2. The van der Waals surface area contributed by atoms with Crippen molar-refractivity contribution in [2.45, 2.75) is 0 Å². The zero-order valence-electron chi connectivity index (χ0n) is 16.4. The van der Waals surface area contributed by atoms with Gasteiger partial charge in [-0.2, -0.15) is 0 Å². The van der Waals surface area contributed by atoms with Gasteiger partial charge in [-0.1, -0.05) is 15.9 Å². The quantitative estimate of drug-likeness (QED) is 0.186. The van der Waals surface area contributed by atoms with Crippen LogP contribution in [0.4, 0.5) is 11.5 Å². The standard InChI is InChI=1S/C21H14Br2N4O5/c1-32-17-7-11(2-4-16(17)28)19-21(26-10-13(22)3-5-18(26)25-19)24-9-12-6-14(23)8-15(20(12)29)27(30)31/h2-10,28-29H,1H3. The van der Waals surface area contributed by atoms with Gasteiger partial charge in [-0.15, -0.1) is 0 Å². The number of pyridine rings is 1. The van der Waals surface area contributed by atoms with E-state index < -0.39 is 16.4 Å². The Balaban J connectivity index is 1.92. The molecule has 0 bridgehead atoms. The van der Waals surface area contributed by atoms with Gasteiger partial charge in [0, 0.05) is 38.6 Å². The van der Waals surface area contributed by atoms with Gasteiger partial charge in [0.1, 0.15) is 11.3 Å². The number of aromatic hydroxyl groups is 2. The molecular weight excluding hydrogens is 548 g/mol. The number of aliphatic imine (C=N–C) groups is 1. The first kappa shape index (κ1) is 21.8. The number of nitro groups is 1. The van der Waals surface area contributed by atoms with Gasteiger partial charge in [0.05, 0.1) is 12.0 Å². The van der Waals surface area contributed by atoms with Gasteiger partial charge in [0.2, 0.25) is 5.75 Å². The number of phenols is 2. The molecule has 0 atom stereocenters. The number of fused-ring (bicyclic) bond motifs is 1. The van der Waals surface area contributed by atoms with Crippen LogP contribution in [0.3, 0.4) is 0 Å². The van der Waals surface area contributed by atoms with E-state index in [0.717, 1.165) is 4.47 Å². The van der Waals surface area contributed by atoms with Crippen LogP contribution in [0.1, 0.15) is 5.56 Å². The van der Waals surface area contributed by atoms with E-state index >= 15 is 0 Å². The minimum atomic E-state index is -0.670. The summed E-state index contributed by atoms with van der Waals surface area (Å²) < 4.78 is 8.15. The van der Waals surface area contributed by atoms with Crippen LogP contribution in [0, 0.1) is 10.1 Å². The lowest BCUT2D eigenvalue weighted by Gasteiger charge is -2.06. The number of rotatable bonds is 5. The Morgan fingerprint density at radius 2 is 1.94 bits per heavy atom. The third-order valence-electron chi connectivity index (χ3n) is 4.62. The summed E-state index contributed by atoms with van der Waals surface area (Å²) in [5.74, 6) is 0.177. The second-order valence-corrected chi connectivity index (χ2v) is 8.46. The number of ether oxygens (including phenoxy) is 1. The van der Waals surface area contributed by atoms with Crippen molar-refractivity contribution in [2.75, 3.05) is 7.11 Å². The Bertz CT molecular complexity index is 1400. The number of hydrogen-bond acceptors (Lipinski definition) is 7. The highest BCUT2D eigenvalue weighted by molar-refractivity contribution is 9.10. The molecule has 0 amide bonds. The number of halogens is 2. The van der Waals surface area contributed by atoms with Crippen LogP contribution >= 0.6 is 31.9 Å². The number of phenolic OH excluding ortho intramolecular Hbond substituents is 2. The maximum absolute atomic E-state index is 11.2. The molecule has 9 nitrogen and oxygen atoms in total. The molecule has 2 aromatic carbocycles. The van der Waals surface area contributed by atoms with Gasteiger partial charge in [0.15, 0.2) is 17.3 Å². The van der Waals surface area contributed by atoms with Crippen molar-refractivity contribution >= 4 is 55.2 Å². The van der Waals surface area contributed by atoms with Crippen molar-refractivity contribution in [3.05, 3.63) is 73.3 Å². The Kier molecular flexibility index (Phi) is 5.85. The average molecular weight is 562 g/mol. The molecule has 0 aliphatic rings. The third kappa shape index (κ3) is 4.04. The topological polar surface area (TPSA) is 122 Å². The lowest BCUT2D eigenvalue weighted by Crippen LogP contribution is -1.93. The second kappa shape index (κ2) is 8.60. The lowest BCUT2D eigenvalue weighted by atomic mass is 10.1. The minimum absolute atomic E-state index is 0.0147. The van der Waals surface area contributed by atoms with E-state index in [1.165, 1.54) is 31.5 Å². The Morgan fingerprint density at radius 3 is 2.66 bits per heavy atom. The van der Waals surface area contributed by atoms with Crippen LogP contribution in [0.5, 0.6) is 17.2 Å². The van der Waals surface area contributed by atoms with Gasteiger partial charge in [-0.25, -0.2) is 9.98 Å². The number of hydrogen-bond donors (Lipinski definition) is 2. The maximum Gasteiger partial charge on any atom is 0.312 e. The van der Waals surface area contributed by atoms with Crippen LogP contribution in [0.2, 0.25) is 0 Å². The van der Waals surface area contributed by atoms with E-state index in [0.29, 0.717) is 27.2 Å². The number of nitro benzene ring substituents is 1. The highest BCUT2D eigenvalue weighted by atomic mass is 79.9. The van der Waals surface area contributed by atoms with Crippen LogP contribution < -0.4 is 4.74 Å². The Morgan fingerprint density at radius 1 is 1.16 bits per heavy atom. The van der Waals surface area contributed by atoms with Crippen molar-refractivity contribution in [1.29, 1.82) is 0 Å². The molecular formula is C21H14Br2N4O5. The molecule has 0 unspecified atom stereocenters. The minimum Gasteiger partial charge on any atom is -0.504 e. The number of nitrogens with zero attached hydrogens (tertiary/aromatic N) is 4.